The van der Waals surface area contributed by atoms with Gasteiger partial charge < -0.3 is 14.8 Å². The van der Waals surface area contributed by atoms with Crippen LogP contribution in [0, 0.1) is 5.92 Å². The molecular weight excluding hydrogens is 314 g/mol. The van der Waals surface area contributed by atoms with Crippen molar-refractivity contribution in [2.24, 2.45) is 5.92 Å². The van der Waals surface area contributed by atoms with E-state index < -0.39 is 0 Å². The minimum absolute atomic E-state index is 0.0462. The van der Waals surface area contributed by atoms with Crippen LogP contribution in [0.25, 0.3) is 11.1 Å². The van der Waals surface area contributed by atoms with Crippen molar-refractivity contribution in [3.63, 3.8) is 0 Å². The summed E-state index contributed by atoms with van der Waals surface area (Å²) in [5.74, 6) is 2.08. The van der Waals surface area contributed by atoms with Gasteiger partial charge in [0.15, 0.2) is 5.78 Å². The molecule has 2 atom stereocenters. The van der Waals surface area contributed by atoms with Gasteiger partial charge in [-0.25, -0.2) is 0 Å². The van der Waals surface area contributed by atoms with Crippen LogP contribution in [0.15, 0.2) is 36.4 Å². The molecule has 2 aliphatic rings. The van der Waals surface area contributed by atoms with Gasteiger partial charge in [-0.1, -0.05) is 19.1 Å². The Morgan fingerprint density at radius 3 is 2.80 bits per heavy atom. The fraction of sp³-hybridized carbons (Fsp3) is 0.381. The summed E-state index contributed by atoms with van der Waals surface area (Å²) in [6.45, 7) is 4.22. The maximum Gasteiger partial charge on any atom is 0.194 e. The first-order chi connectivity index (χ1) is 12.2. The first-order valence-corrected chi connectivity index (χ1v) is 8.96. The van der Waals surface area contributed by atoms with Gasteiger partial charge in [0.1, 0.15) is 17.6 Å². The number of ketones is 1. The van der Waals surface area contributed by atoms with E-state index in [1.807, 2.05) is 36.4 Å². The van der Waals surface area contributed by atoms with E-state index in [1.165, 1.54) is 0 Å². The summed E-state index contributed by atoms with van der Waals surface area (Å²) in [7, 11) is 1.62. The normalized spacial score (nSPS) is 19.4. The second-order valence-electron chi connectivity index (χ2n) is 6.74. The highest BCUT2D eigenvalue weighted by Crippen LogP contribution is 2.44. The van der Waals surface area contributed by atoms with E-state index in [2.05, 4.69) is 12.2 Å². The van der Waals surface area contributed by atoms with E-state index in [0.717, 1.165) is 48.4 Å². The van der Waals surface area contributed by atoms with Crippen LogP contribution >= 0.6 is 0 Å². The lowest BCUT2D eigenvalue weighted by Gasteiger charge is -2.24. The minimum Gasteiger partial charge on any atom is -0.497 e. The van der Waals surface area contributed by atoms with Crippen molar-refractivity contribution in [3.8, 4) is 22.6 Å². The summed E-state index contributed by atoms with van der Waals surface area (Å²) in [6.07, 6.45) is 2.26. The van der Waals surface area contributed by atoms with Crippen LogP contribution in [0.3, 0.4) is 0 Å². The predicted octanol–water partition coefficient (Wildman–Crippen LogP) is 3.67. The number of hydrogen-bond donors (Lipinski definition) is 1. The molecular formula is C21H23NO3. The Kier molecular flexibility index (Phi) is 4.22. The first kappa shape index (κ1) is 16.2. The van der Waals surface area contributed by atoms with Crippen LogP contribution in [0.2, 0.25) is 0 Å². The standard InChI is InChI=1S/C21H23NO3/c1-3-18(13-9-10-22-12-13)25-19-6-4-5-16-20(19)15-8-7-14(24-2)11-17(15)21(16)23/h4-8,11,13,18,22H,3,9-10,12H2,1-2H3. The molecule has 0 spiro atoms. The van der Waals surface area contributed by atoms with Crippen molar-refractivity contribution in [2.45, 2.75) is 25.9 Å². The van der Waals surface area contributed by atoms with Gasteiger partial charge in [-0.15, -0.1) is 0 Å². The Morgan fingerprint density at radius 1 is 1.20 bits per heavy atom. The van der Waals surface area contributed by atoms with Gasteiger partial charge >= 0.3 is 0 Å². The van der Waals surface area contributed by atoms with Crippen molar-refractivity contribution in [1.29, 1.82) is 0 Å². The van der Waals surface area contributed by atoms with Gasteiger partial charge in [-0.05, 0) is 49.2 Å². The molecule has 4 rings (SSSR count). The molecule has 2 aromatic rings. The molecule has 1 aliphatic carbocycles. The number of carbonyl (C=O) groups is 1. The quantitative estimate of drug-likeness (QED) is 0.772. The number of carbonyl (C=O) groups excluding carboxylic acids is 1. The molecule has 0 amide bonds. The van der Waals surface area contributed by atoms with Crippen LogP contribution in [0.4, 0.5) is 0 Å². The van der Waals surface area contributed by atoms with Crippen molar-refractivity contribution in [1.82, 2.24) is 5.32 Å². The van der Waals surface area contributed by atoms with Crippen LogP contribution < -0.4 is 14.8 Å². The molecule has 1 N–H and O–H groups in total. The first-order valence-electron chi connectivity index (χ1n) is 8.96. The SMILES string of the molecule is CCC(Oc1cccc2c1-c1ccc(OC)cc1C2=O)C1CCNC1. The Hall–Kier alpha value is -2.33. The minimum atomic E-state index is 0.0462. The molecule has 0 radical (unpaired) electrons. The van der Waals surface area contributed by atoms with Crippen LogP contribution in [0.1, 0.15) is 35.7 Å². The smallest absolute Gasteiger partial charge is 0.194 e. The summed E-state index contributed by atoms with van der Waals surface area (Å²) < 4.78 is 11.7. The molecule has 1 aliphatic heterocycles. The highest BCUT2D eigenvalue weighted by molar-refractivity contribution is 6.22. The zero-order chi connectivity index (χ0) is 17.4. The number of hydrogen-bond acceptors (Lipinski definition) is 4. The Morgan fingerprint density at radius 2 is 2.08 bits per heavy atom. The third-order valence-corrected chi connectivity index (χ3v) is 5.32. The topological polar surface area (TPSA) is 47.6 Å². The summed E-state index contributed by atoms with van der Waals surface area (Å²) in [6, 6.07) is 11.5. The Bertz CT molecular complexity index is 809. The molecule has 0 aromatic heterocycles. The third kappa shape index (κ3) is 2.71. The predicted molar refractivity (Wildman–Crippen MR) is 97.5 cm³/mol. The van der Waals surface area contributed by atoms with E-state index in [0.29, 0.717) is 17.2 Å². The monoisotopic (exact) mass is 337 g/mol. The number of nitrogens with one attached hydrogen (secondary N) is 1. The lowest BCUT2D eigenvalue weighted by molar-refractivity contribution is 0.104. The third-order valence-electron chi connectivity index (χ3n) is 5.32. The highest BCUT2D eigenvalue weighted by Gasteiger charge is 2.32. The zero-order valence-electron chi connectivity index (χ0n) is 14.7. The van der Waals surface area contributed by atoms with Gasteiger partial charge in [0.2, 0.25) is 0 Å². The summed E-state index contributed by atoms with van der Waals surface area (Å²) >= 11 is 0. The Balaban J connectivity index is 1.73. The van der Waals surface area contributed by atoms with E-state index in [4.69, 9.17) is 9.47 Å². The molecule has 0 saturated carbocycles. The van der Waals surface area contributed by atoms with Crippen molar-refractivity contribution in [2.75, 3.05) is 20.2 Å². The molecule has 1 fully saturated rings. The van der Waals surface area contributed by atoms with E-state index >= 15 is 0 Å². The van der Waals surface area contributed by atoms with Crippen molar-refractivity contribution >= 4 is 5.78 Å². The average Bonchev–Trinajstić information content (AvgIpc) is 3.27. The molecule has 4 nitrogen and oxygen atoms in total. The average molecular weight is 337 g/mol. The lowest BCUT2D eigenvalue weighted by atomic mass is 9.98. The highest BCUT2D eigenvalue weighted by atomic mass is 16.5. The van der Waals surface area contributed by atoms with E-state index in [1.54, 1.807) is 7.11 Å². The number of methoxy groups -OCH3 is 1. The molecule has 25 heavy (non-hydrogen) atoms. The maximum absolute atomic E-state index is 12.8. The van der Waals surface area contributed by atoms with Crippen LogP contribution in [0.5, 0.6) is 11.5 Å². The number of benzene rings is 2. The van der Waals surface area contributed by atoms with E-state index in [-0.39, 0.29) is 11.9 Å². The summed E-state index contributed by atoms with van der Waals surface area (Å²) in [5, 5.41) is 3.41. The lowest BCUT2D eigenvalue weighted by Crippen LogP contribution is -2.28. The number of fused-ring (bicyclic) bond motifs is 3. The second-order valence-corrected chi connectivity index (χ2v) is 6.74. The van der Waals surface area contributed by atoms with Crippen LogP contribution in [-0.2, 0) is 0 Å². The van der Waals surface area contributed by atoms with Gasteiger partial charge in [0.25, 0.3) is 0 Å². The summed E-state index contributed by atoms with van der Waals surface area (Å²) in [4.78, 5) is 12.8. The maximum atomic E-state index is 12.8. The van der Waals surface area contributed by atoms with Crippen LogP contribution in [-0.4, -0.2) is 32.1 Å². The van der Waals surface area contributed by atoms with Gasteiger partial charge in [0.05, 0.1) is 7.11 Å². The summed E-state index contributed by atoms with van der Waals surface area (Å²) in [5.41, 5.74) is 3.28. The Labute approximate surface area is 148 Å². The molecule has 2 unspecified atom stereocenters. The molecule has 130 valence electrons. The fourth-order valence-corrected chi connectivity index (χ4v) is 3.97. The second kappa shape index (κ2) is 6.52. The number of rotatable bonds is 5. The molecule has 2 aromatic carbocycles. The van der Waals surface area contributed by atoms with E-state index in [9.17, 15) is 4.79 Å². The largest absolute Gasteiger partial charge is 0.497 e. The molecule has 0 bridgehead atoms. The zero-order valence-corrected chi connectivity index (χ0v) is 14.7. The van der Waals surface area contributed by atoms with Gasteiger partial charge in [0, 0.05) is 29.2 Å². The number of ether oxygens (including phenoxy) is 2. The van der Waals surface area contributed by atoms with Gasteiger partial charge in [-0.2, -0.15) is 0 Å². The fourth-order valence-electron chi connectivity index (χ4n) is 3.97. The molecule has 1 heterocycles. The molecule has 4 heteroatoms. The molecule has 1 saturated heterocycles. The van der Waals surface area contributed by atoms with Gasteiger partial charge in [-0.3, -0.25) is 4.79 Å². The van der Waals surface area contributed by atoms with Crippen molar-refractivity contribution in [3.05, 3.63) is 47.5 Å². The van der Waals surface area contributed by atoms with Crippen molar-refractivity contribution < 1.29 is 14.3 Å².